The summed E-state index contributed by atoms with van der Waals surface area (Å²) in [5.41, 5.74) is 0.564. The molecule has 14 heavy (non-hydrogen) atoms. The summed E-state index contributed by atoms with van der Waals surface area (Å²) in [5, 5.41) is 0.419. The molecule has 0 unspecified atom stereocenters. The maximum absolute atomic E-state index is 11.8. The van der Waals surface area contributed by atoms with Gasteiger partial charge in [0.1, 0.15) is 0 Å². The van der Waals surface area contributed by atoms with Gasteiger partial charge in [0.05, 0.1) is 6.61 Å². The first-order valence-electron chi connectivity index (χ1n) is 4.01. The molecule has 1 nitrogen and oxygen atoms in total. The second-order valence-electron chi connectivity index (χ2n) is 2.82. The molecular formula is C8H8BClF3O-. The molecule has 0 saturated carbocycles. The van der Waals surface area contributed by atoms with Gasteiger partial charge >= 0.3 is 6.98 Å². The molecule has 1 rings (SSSR count). The fraction of sp³-hybridized carbons (Fsp3) is 0.250. The molecule has 0 radical (unpaired) electrons. The van der Waals surface area contributed by atoms with Crippen LogP contribution < -0.4 is 0 Å². The van der Waals surface area contributed by atoms with Crippen LogP contribution in [0.5, 0.6) is 0 Å². The Bertz CT molecular complexity index is 303. The topological polar surface area (TPSA) is 9.23 Å². The van der Waals surface area contributed by atoms with E-state index in [-0.39, 0.29) is 6.61 Å². The summed E-state index contributed by atoms with van der Waals surface area (Å²) in [7, 11) is 0. The van der Waals surface area contributed by atoms with E-state index in [9.17, 15) is 12.9 Å². The number of ether oxygens (including phenoxy) is 1. The molecule has 0 aromatic heterocycles. The maximum Gasteiger partial charge on any atom is 0.503 e. The van der Waals surface area contributed by atoms with Gasteiger partial charge in [0, 0.05) is 11.5 Å². The van der Waals surface area contributed by atoms with Gasteiger partial charge in [-0.25, -0.2) is 0 Å². The molecule has 0 aliphatic rings. The summed E-state index contributed by atoms with van der Waals surface area (Å²) in [6.45, 7) is -6.18. The van der Waals surface area contributed by atoms with E-state index in [1.165, 1.54) is 0 Å². The Morgan fingerprint density at radius 1 is 1.21 bits per heavy atom. The molecule has 0 aliphatic heterocycles. The molecule has 0 bridgehead atoms. The average Bonchev–Trinajstić information content (AvgIpc) is 2.06. The van der Waals surface area contributed by atoms with Crippen molar-refractivity contribution in [2.75, 3.05) is 6.51 Å². The minimum atomic E-state index is -4.88. The van der Waals surface area contributed by atoms with E-state index in [4.69, 9.17) is 11.6 Å². The smallest absolute Gasteiger partial charge is 0.447 e. The molecule has 0 saturated heterocycles. The van der Waals surface area contributed by atoms with Crippen LogP contribution in [0.4, 0.5) is 12.9 Å². The first kappa shape index (κ1) is 11.4. The third kappa shape index (κ3) is 4.02. The Morgan fingerprint density at radius 2 is 1.86 bits per heavy atom. The summed E-state index contributed by atoms with van der Waals surface area (Å²) < 4.78 is 39.8. The monoisotopic (exact) mass is 223 g/mol. The van der Waals surface area contributed by atoms with E-state index in [0.29, 0.717) is 10.6 Å². The van der Waals surface area contributed by atoms with Gasteiger partial charge in [0.15, 0.2) is 0 Å². The highest BCUT2D eigenvalue weighted by atomic mass is 35.5. The summed E-state index contributed by atoms with van der Waals surface area (Å²) >= 11 is 5.72. The van der Waals surface area contributed by atoms with Gasteiger partial charge in [-0.1, -0.05) is 29.8 Å². The van der Waals surface area contributed by atoms with E-state index in [1.807, 2.05) is 0 Å². The van der Waals surface area contributed by atoms with Gasteiger partial charge in [-0.05, 0) is 11.6 Å². The molecule has 6 heteroatoms. The first-order chi connectivity index (χ1) is 6.49. The molecule has 0 N–H and O–H groups in total. The second-order valence-corrected chi connectivity index (χ2v) is 3.22. The summed E-state index contributed by atoms with van der Waals surface area (Å²) in [6.07, 6.45) is 0. The van der Waals surface area contributed by atoms with Crippen LogP contribution in [0.1, 0.15) is 5.56 Å². The number of halogens is 4. The van der Waals surface area contributed by atoms with Crippen molar-refractivity contribution in [2.24, 2.45) is 0 Å². The number of hydrogen-bond donors (Lipinski definition) is 0. The lowest BCUT2D eigenvalue weighted by atomic mass is 9.95. The van der Waals surface area contributed by atoms with Gasteiger partial charge in [-0.2, -0.15) is 0 Å². The molecule has 1 aromatic carbocycles. The second kappa shape index (κ2) is 4.71. The van der Waals surface area contributed by atoms with Crippen LogP contribution >= 0.6 is 11.6 Å². The normalized spacial score (nSPS) is 11.7. The van der Waals surface area contributed by atoms with Crippen molar-refractivity contribution in [1.29, 1.82) is 0 Å². The van der Waals surface area contributed by atoms with Gasteiger partial charge < -0.3 is 17.7 Å². The van der Waals surface area contributed by atoms with E-state index in [1.54, 1.807) is 24.3 Å². The van der Waals surface area contributed by atoms with E-state index in [0.717, 1.165) is 0 Å². The maximum atomic E-state index is 11.8. The molecular weight excluding hydrogens is 215 g/mol. The molecule has 0 spiro atoms. The third-order valence-corrected chi connectivity index (χ3v) is 1.89. The summed E-state index contributed by atoms with van der Waals surface area (Å²) in [4.78, 5) is 0. The van der Waals surface area contributed by atoms with E-state index < -0.39 is 13.5 Å². The fourth-order valence-electron chi connectivity index (χ4n) is 0.918. The lowest BCUT2D eigenvalue weighted by molar-refractivity contribution is 0.138. The van der Waals surface area contributed by atoms with Gasteiger partial charge in [0.2, 0.25) is 0 Å². The van der Waals surface area contributed by atoms with Crippen molar-refractivity contribution < 1.29 is 17.7 Å². The lowest BCUT2D eigenvalue weighted by Gasteiger charge is -2.14. The average molecular weight is 223 g/mol. The predicted molar refractivity (Wildman–Crippen MR) is 50.2 cm³/mol. The number of rotatable bonds is 4. The van der Waals surface area contributed by atoms with Crippen LogP contribution in [-0.2, 0) is 11.3 Å². The number of benzene rings is 1. The Labute approximate surface area is 84.9 Å². The van der Waals surface area contributed by atoms with Crippen molar-refractivity contribution in [3.05, 3.63) is 34.9 Å². The zero-order valence-corrected chi connectivity index (χ0v) is 7.98. The van der Waals surface area contributed by atoms with Crippen molar-refractivity contribution >= 4 is 18.6 Å². The Morgan fingerprint density at radius 3 is 2.43 bits per heavy atom. The van der Waals surface area contributed by atoms with Gasteiger partial charge in [-0.3, -0.25) is 0 Å². The Kier molecular flexibility index (Phi) is 3.83. The highest BCUT2D eigenvalue weighted by Gasteiger charge is 2.23. The predicted octanol–water partition coefficient (Wildman–Crippen LogP) is 3.24. The highest BCUT2D eigenvalue weighted by Crippen LogP contribution is 2.17. The van der Waals surface area contributed by atoms with Crippen molar-refractivity contribution in [1.82, 2.24) is 0 Å². The minimum Gasteiger partial charge on any atom is -0.447 e. The molecule has 0 heterocycles. The van der Waals surface area contributed by atoms with E-state index in [2.05, 4.69) is 4.74 Å². The molecule has 0 atom stereocenters. The number of hydrogen-bond acceptors (Lipinski definition) is 1. The molecule has 0 aliphatic carbocycles. The largest absolute Gasteiger partial charge is 0.503 e. The quantitative estimate of drug-likeness (QED) is 0.712. The molecule has 78 valence electrons. The molecule has 0 fully saturated rings. The highest BCUT2D eigenvalue weighted by molar-refractivity contribution is 6.58. The van der Waals surface area contributed by atoms with E-state index >= 15 is 0 Å². The molecule has 1 aromatic rings. The minimum absolute atomic E-state index is 0.110. The summed E-state index contributed by atoms with van der Waals surface area (Å²) in [6, 6.07) is 6.65. The Hall–Kier alpha value is -0.675. The molecule has 0 amide bonds. The van der Waals surface area contributed by atoms with Gasteiger partial charge in [0.25, 0.3) is 0 Å². The zero-order valence-electron chi connectivity index (χ0n) is 7.22. The van der Waals surface area contributed by atoms with Crippen molar-refractivity contribution in [3.63, 3.8) is 0 Å². The van der Waals surface area contributed by atoms with Crippen LogP contribution in [0.3, 0.4) is 0 Å². The standard InChI is InChI=1S/C8H8BClF3O/c10-8-4-2-1-3-7(8)5-14-6-9(11,12)13/h1-4H,5-6H2/q-1. The van der Waals surface area contributed by atoms with Crippen molar-refractivity contribution in [3.8, 4) is 0 Å². The van der Waals surface area contributed by atoms with Gasteiger partial charge in [-0.15, -0.1) is 0 Å². The van der Waals surface area contributed by atoms with Crippen LogP contribution in [0.25, 0.3) is 0 Å². The fourth-order valence-corrected chi connectivity index (χ4v) is 1.11. The SMILES string of the molecule is F[B-](F)(F)COCc1ccccc1Cl. The van der Waals surface area contributed by atoms with Crippen LogP contribution in [0.2, 0.25) is 5.02 Å². The zero-order chi connectivity index (χ0) is 10.6. The first-order valence-corrected chi connectivity index (χ1v) is 4.39. The van der Waals surface area contributed by atoms with Crippen LogP contribution in [-0.4, -0.2) is 13.5 Å². The third-order valence-electron chi connectivity index (χ3n) is 1.52. The Balaban J connectivity index is 2.43. The van der Waals surface area contributed by atoms with Crippen LogP contribution in [0, 0.1) is 0 Å². The lowest BCUT2D eigenvalue weighted by Crippen LogP contribution is -2.23. The van der Waals surface area contributed by atoms with Crippen LogP contribution in [0.15, 0.2) is 24.3 Å². The van der Waals surface area contributed by atoms with Crippen molar-refractivity contribution in [2.45, 2.75) is 6.61 Å². The summed E-state index contributed by atoms with van der Waals surface area (Å²) in [5.74, 6) is 0.